The first-order chi connectivity index (χ1) is 8.81. The molecule has 104 valence electrons. The van der Waals surface area contributed by atoms with E-state index in [9.17, 15) is 9.59 Å². The molecule has 0 saturated carbocycles. The van der Waals surface area contributed by atoms with Crippen molar-refractivity contribution in [3.63, 3.8) is 0 Å². The molecule has 0 bridgehead atoms. The molecule has 0 radical (unpaired) electrons. The maximum absolute atomic E-state index is 12.1. The van der Waals surface area contributed by atoms with Crippen LogP contribution in [0.3, 0.4) is 0 Å². The van der Waals surface area contributed by atoms with Crippen LogP contribution in [0, 0.1) is 6.92 Å². The number of carbonyl (C=O) groups is 2. The zero-order chi connectivity index (χ0) is 14.6. The smallest absolute Gasteiger partial charge is 0.339 e. The van der Waals surface area contributed by atoms with E-state index in [-0.39, 0.29) is 5.91 Å². The van der Waals surface area contributed by atoms with Crippen LogP contribution in [0.15, 0.2) is 18.2 Å². The van der Waals surface area contributed by atoms with E-state index in [1.807, 2.05) is 13.0 Å². The van der Waals surface area contributed by atoms with Gasteiger partial charge in [0.15, 0.2) is 0 Å². The molecule has 0 spiro atoms. The predicted octanol–water partition coefficient (Wildman–Crippen LogP) is 1.72. The first kappa shape index (κ1) is 15.2. The first-order valence-electron chi connectivity index (χ1n) is 6.01. The molecule has 0 fully saturated rings. The molecule has 0 aliphatic carbocycles. The topological polar surface area (TPSA) is 67.4 Å². The molecule has 1 amide bonds. The lowest BCUT2D eigenvalue weighted by atomic mass is 10.0. The number of rotatable bonds is 4. The zero-order valence-electron chi connectivity index (χ0n) is 12.0. The summed E-state index contributed by atoms with van der Waals surface area (Å²) in [6, 6.07) is 5.22. The second-order valence-corrected chi connectivity index (χ2v) is 4.87. The summed E-state index contributed by atoms with van der Waals surface area (Å²) in [5, 5.41) is 5.65. The van der Waals surface area contributed by atoms with E-state index < -0.39 is 11.5 Å². The van der Waals surface area contributed by atoms with Gasteiger partial charge in [-0.3, -0.25) is 4.79 Å². The van der Waals surface area contributed by atoms with Gasteiger partial charge >= 0.3 is 5.97 Å². The second-order valence-electron chi connectivity index (χ2n) is 4.87. The number of ether oxygens (including phenoxy) is 1. The number of methoxy groups -OCH3 is 1. The third-order valence-electron chi connectivity index (χ3n) is 3.02. The minimum atomic E-state index is -0.724. The van der Waals surface area contributed by atoms with E-state index >= 15 is 0 Å². The highest BCUT2D eigenvalue weighted by Crippen LogP contribution is 2.19. The van der Waals surface area contributed by atoms with Crippen molar-refractivity contribution in [2.24, 2.45) is 0 Å². The number of aryl methyl sites for hydroxylation is 1. The van der Waals surface area contributed by atoms with Gasteiger partial charge in [0.25, 0.3) is 0 Å². The summed E-state index contributed by atoms with van der Waals surface area (Å²) in [6.45, 7) is 5.39. The minimum Gasteiger partial charge on any atom is -0.465 e. The zero-order valence-corrected chi connectivity index (χ0v) is 12.0. The molecular weight excluding hydrogens is 244 g/mol. The molecule has 1 aromatic rings. The van der Waals surface area contributed by atoms with Crippen LogP contribution in [-0.2, 0) is 9.53 Å². The van der Waals surface area contributed by atoms with Crippen molar-refractivity contribution in [3.8, 4) is 0 Å². The van der Waals surface area contributed by atoms with Gasteiger partial charge in [-0.1, -0.05) is 11.6 Å². The van der Waals surface area contributed by atoms with Crippen LogP contribution in [0.25, 0.3) is 0 Å². The van der Waals surface area contributed by atoms with E-state index in [2.05, 4.69) is 10.6 Å². The van der Waals surface area contributed by atoms with Gasteiger partial charge in [-0.05, 0) is 40.0 Å². The third kappa shape index (κ3) is 3.54. The first-order valence-corrected chi connectivity index (χ1v) is 6.01. The van der Waals surface area contributed by atoms with Crippen molar-refractivity contribution in [2.45, 2.75) is 26.3 Å². The Morgan fingerprint density at radius 2 is 1.89 bits per heavy atom. The van der Waals surface area contributed by atoms with Crippen LogP contribution >= 0.6 is 0 Å². The molecule has 0 unspecified atom stereocenters. The number of carbonyl (C=O) groups excluding carboxylic acids is 2. The Morgan fingerprint density at radius 3 is 2.42 bits per heavy atom. The fourth-order valence-electron chi connectivity index (χ4n) is 1.44. The molecule has 0 saturated heterocycles. The summed E-state index contributed by atoms with van der Waals surface area (Å²) < 4.78 is 4.72. The van der Waals surface area contributed by atoms with Crippen LogP contribution in [0.2, 0.25) is 0 Å². The van der Waals surface area contributed by atoms with Crippen molar-refractivity contribution in [2.75, 3.05) is 19.5 Å². The number of hydrogen-bond donors (Lipinski definition) is 2. The van der Waals surface area contributed by atoms with Gasteiger partial charge in [-0.15, -0.1) is 0 Å². The number of likely N-dealkylation sites (N-methyl/N-ethyl adjacent to an activating group) is 1. The van der Waals surface area contributed by atoms with Crippen LogP contribution in [0.4, 0.5) is 5.69 Å². The Hall–Kier alpha value is -1.88. The number of amides is 1. The van der Waals surface area contributed by atoms with E-state index in [1.165, 1.54) is 7.11 Å². The molecule has 1 rings (SSSR count). The normalized spacial score (nSPS) is 11.0. The summed E-state index contributed by atoms with van der Waals surface area (Å²) in [4.78, 5) is 23.8. The van der Waals surface area contributed by atoms with E-state index in [0.29, 0.717) is 11.3 Å². The highest BCUT2D eigenvalue weighted by Gasteiger charge is 2.26. The van der Waals surface area contributed by atoms with Crippen LogP contribution < -0.4 is 10.6 Å². The predicted molar refractivity (Wildman–Crippen MR) is 74.3 cm³/mol. The molecule has 0 heterocycles. The molecule has 0 aliphatic rings. The number of esters is 1. The third-order valence-corrected chi connectivity index (χ3v) is 3.02. The van der Waals surface area contributed by atoms with E-state index in [4.69, 9.17) is 4.74 Å². The molecule has 19 heavy (non-hydrogen) atoms. The summed E-state index contributed by atoms with van der Waals surface area (Å²) in [5.74, 6) is -0.690. The number of nitrogens with one attached hydrogen (secondary N) is 2. The minimum absolute atomic E-state index is 0.219. The quantitative estimate of drug-likeness (QED) is 0.813. The number of hydrogen-bond acceptors (Lipinski definition) is 4. The van der Waals surface area contributed by atoms with Gasteiger partial charge in [-0.25, -0.2) is 4.79 Å². The van der Waals surface area contributed by atoms with E-state index in [1.54, 1.807) is 33.0 Å². The molecule has 5 nitrogen and oxygen atoms in total. The lowest BCUT2D eigenvalue weighted by Gasteiger charge is -2.23. The average Bonchev–Trinajstić information content (AvgIpc) is 2.39. The molecule has 0 aliphatic heterocycles. The van der Waals surface area contributed by atoms with Gasteiger partial charge in [0.2, 0.25) is 5.91 Å². The maximum Gasteiger partial charge on any atom is 0.339 e. The Labute approximate surface area is 113 Å². The van der Waals surface area contributed by atoms with Gasteiger partial charge in [0, 0.05) is 0 Å². The Balaban J connectivity index is 3.08. The lowest BCUT2D eigenvalue weighted by molar-refractivity contribution is -0.121. The molecule has 2 N–H and O–H groups in total. The van der Waals surface area contributed by atoms with Gasteiger partial charge in [0.05, 0.1) is 23.9 Å². The Bertz CT molecular complexity index is 495. The largest absolute Gasteiger partial charge is 0.465 e. The number of anilines is 1. The van der Waals surface area contributed by atoms with Crippen molar-refractivity contribution >= 4 is 17.6 Å². The van der Waals surface area contributed by atoms with E-state index in [0.717, 1.165) is 5.56 Å². The standard InChI is InChI=1S/C14H20N2O3/c1-9-6-7-11(10(8-9)12(17)19-5)16-13(18)14(2,3)15-4/h6-8,15H,1-5H3,(H,16,18). The highest BCUT2D eigenvalue weighted by atomic mass is 16.5. The number of benzene rings is 1. The molecular formula is C14H20N2O3. The van der Waals surface area contributed by atoms with Crippen molar-refractivity contribution < 1.29 is 14.3 Å². The van der Waals surface area contributed by atoms with Crippen molar-refractivity contribution in [3.05, 3.63) is 29.3 Å². The fourth-order valence-corrected chi connectivity index (χ4v) is 1.44. The lowest BCUT2D eigenvalue weighted by Crippen LogP contribution is -2.48. The SMILES string of the molecule is CNC(C)(C)C(=O)Nc1ccc(C)cc1C(=O)OC. The summed E-state index contributed by atoms with van der Waals surface area (Å²) in [6.07, 6.45) is 0. The molecule has 0 atom stereocenters. The van der Waals surface area contributed by atoms with Gasteiger partial charge in [-0.2, -0.15) is 0 Å². The van der Waals surface area contributed by atoms with Crippen molar-refractivity contribution in [1.82, 2.24) is 5.32 Å². The Morgan fingerprint density at radius 1 is 1.26 bits per heavy atom. The average molecular weight is 264 g/mol. The summed E-state index contributed by atoms with van der Waals surface area (Å²) in [7, 11) is 3.02. The van der Waals surface area contributed by atoms with Crippen LogP contribution in [-0.4, -0.2) is 31.6 Å². The fraction of sp³-hybridized carbons (Fsp3) is 0.429. The maximum atomic E-state index is 12.1. The van der Waals surface area contributed by atoms with Crippen molar-refractivity contribution in [1.29, 1.82) is 0 Å². The highest BCUT2D eigenvalue weighted by molar-refractivity contribution is 6.04. The van der Waals surface area contributed by atoms with Gasteiger partial charge in [0.1, 0.15) is 0 Å². The molecule has 1 aromatic carbocycles. The van der Waals surface area contributed by atoms with Gasteiger partial charge < -0.3 is 15.4 Å². The molecule has 0 aromatic heterocycles. The summed E-state index contributed by atoms with van der Waals surface area (Å²) in [5.41, 5.74) is 0.998. The summed E-state index contributed by atoms with van der Waals surface area (Å²) >= 11 is 0. The monoisotopic (exact) mass is 264 g/mol. The molecule has 5 heteroatoms. The second kappa shape index (κ2) is 5.84. The van der Waals surface area contributed by atoms with Crippen LogP contribution in [0.1, 0.15) is 29.8 Å². The van der Waals surface area contributed by atoms with Crippen LogP contribution in [0.5, 0.6) is 0 Å². The Kier molecular flexibility index (Phi) is 4.67.